The minimum Gasteiger partial charge on any atom is -0.481 e. The second-order valence-corrected chi connectivity index (χ2v) is 5.37. The number of carboxylic acids is 1. The summed E-state index contributed by atoms with van der Waals surface area (Å²) in [6.07, 6.45) is 1.28. The van der Waals surface area contributed by atoms with Crippen LogP contribution in [-0.2, 0) is 17.6 Å². The maximum atomic E-state index is 11.0. The predicted octanol–water partition coefficient (Wildman–Crippen LogP) is 3.81. The van der Waals surface area contributed by atoms with Crippen molar-refractivity contribution in [1.29, 1.82) is 0 Å². The lowest BCUT2D eigenvalue weighted by Gasteiger charge is -2.05. The summed E-state index contributed by atoms with van der Waals surface area (Å²) in [7, 11) is 0. The summed E-state index contributed by atoms with van der Waals surface area (Å²) < 4.78 is 0. The minimum atomic E-state index is -0.704. The Hall–Kier alpha value is -1.80. The van der Waals surface area contributed by atoms with Gasteiger partial charge in [-0.1, -0.05) is 41.9 Å². The Kier molecular flexibility index (Phi) is 3.03. The van der Waals surface area contributed by atoms with Gasteiger partial charge in [0.05, 0.1) is 5.92 Å². The molecule has 1 atom stereocenters. The highest BCUT2D eigenvalue weighted by Gasteiger charge is 2.27. The topological polar surface area (TPSA) is 37.3 Å². The van der Waals surface area contributed by atoms with Gasteiger partial charge in [0.1, 0.15) is 0 Å². The van der Waals surface area contributed by atoms with Crippen LogP contribution in [0.1, 0.15) is 11.1 Å². The van der Waals surface area contributed by atoms with E-state index in [4.69, 9.17) is 16.7 Å². The van der Waals surface area contributed by atoms with E-state index < -0.39 is 5.97 Å². The third-order valence-electron chi connectivity index (χ3n) is 3.67. The number of carboxylic acid groups (broad SMARTS) is 1. The Bertz CT molecular complexity index is 632. The van der Waals surface area contributed by atoms with Crippen molar-refractivity contribution in [3.8, 4) is 11.1 Å². The van der Waals surface area contributed by atoms with Gasteiger partial charge in [0.25, 0.3) is 0 Å². The molecule has 2 aromatic rings. The number of fused-ring (bicyclic) bond motifs is 1. The normalized spacial score (nSPS) is 17.2. The van der Waals surface area contributed by atoms with Gasteiger partial charge in [-0.25, -0.2) is 0 Å². The van der Waals surface area contributed by atoms with Crippen LogP contribution < -0.4 is 0 Å². The molecule has 1 N–H and O–H groups in total. The van der Waals surface area contributed by atoms with Crippen molar-refractivity contribution < 1.29 is 9.90 Å². The van der Waals surface area contributed by atoms with Crippen molar-refractivity contribution in [1.82, 2.24) is 0 Å². The number of hydrogen-bond acceptors (Lipinski definition) is 1. The molecule has 1 unspecified atom stereocenters. The van der Waals surface area contributed by atoms with Gasteiger partial charge < -0.3 is 5.11 Å². The fourth-order valence-electron chi connectivity index (χ4n) is 2.61. The molecule has 1 aliphatic carbocycles. The molecule has 0 heterocycles. The SMILES string of the molecule is O=C(O)C1Cc2ccc(-c3ccc(Cl)cc3)cc2C1. The van der Waals surface area contributed by atoms with Crippen LogP contribution >= 0.6 is 11.6 Å². The average molecular weight is 273 g/mol. The summed E-state index contributed by atoms with van der Waals surface area (Å²) in [5.74, 6) is -0.972. The van der Waals surface area contributed by atoms with Crippen LogP contribution in [0.2, 0.25) is 5.02 Å². The van der Waals surface area contributed by atoms with Crippen molar-refractivity contribution in [3.63, 3.8) is 0 Å². The standard InChI is InChI=1S/C16H13ClO2/c17-15-5-3-10(4-6-15)11-1-2-12-8-14(16(18)19)9-13(12)7-11/h1-7,14H,8-9H2,(H,18,19). The van der Waals surface area contributed by atoms with Crippen LogP contribution in [0.15, 0.2) is 42.5 Å². The summed E-state index contributed by atoms with van der Waals surface area (Å²) in [6, 6.07) is 13.9. The van der Waals surface area contributed by atoms with E-state index in [2.05, 4.69) is 6.07 Å². The molecule has 0 fully saturated rings. The molecule has 0 saturated carbocycles. The van der Waals surface area contributed by atoms with Crippen molar-refractivity contribution in [3.05, 3.63) is 58.6 Å². The number of hydrogen-bond donors (Lipinski definition) is 1. The van der Waals surface area contributed by atoms with Gasteiger partial charge in [-0.05, 0) is 47.2 Å². The summed E-state index contributed by atoms with van der Waals surface area (Å²) in [5.41, 5.74) is 4.53. The lowest BCUT2D eigenvalue weighted by atomic mass is 10.0. The van der Waals surface area contributed by atoms with Crippen molar-refractivity contribution >= 4 is 17.6 Å². The Morgan fingerprint density at radius 3 is 2.32 bits per heavy atom. The first-order chi connectivity index (χ1) is 9.13. The summed E-state index contributed by atoms with van der Waals surface area (Å²) >= 11 is 5.88. The minimum absolute atomic E-state index is 0.268. The molecule has 2 aromatic carbocycles. The highest BCUT2D eigenvalue weighted by Crippen LogP contribution is 2.31. The zero-order valence-electron chi connectivity index (χ0n) is 10.3. The highest BCUT2D eigenvalue weighted by molar-refractivity contribution is 6.30. The highest BCUT2D eigenvalue weighted by atomic mass is 35.5. The molecule has 1 aliphatic rings. The number of rotatable bonds is 2. The molecule has 0 radical (unpaired) electrons. The molecule has 19 heavy (non-hydrogen) atoms. The lowest BCUT2D eigenvalue weighted by molar-refractivity contribution is -0.141. The van der Waals surface area contributed by atoms with E-state index in [9.17, 15) is 4.79 Å². The van der Waals surface area contributed by atoms with Crippen molar-refractivity contribution in [2.24, 2.45) is 5.92 Å². The third kappa shape index (κ3) is 2.36. The molecule has 3 heteroatoms. The van der Waals surface area contributed by atoms with Crippen LogP contribution in [0.3, 0.4) is 0 Å². The van der Waals surface area contributed by atoms with E-state index in [0.29, 0.717) is 12.8 Å². The van der Waals surface area contributed by atoms with E-state index in [1.54, 1.807) is 0 Å². The zero-order valence-corrected chi connectivity index (χ0v) is 11.0. The van der Waals surface area contributed by atoms with E-state index in [0.717, 1.165) is 27.3 Å². The van der Waals surface area contributed by atoms with Gasteiger partial charge in [0.15, 0.2) is 0 Å². The quantitative estimate of drug-likeness (QED) is 0.903. The maximum absolute atomic E-state index is 11.0. The molecule has 0 aliphatic heterocycles. The Morgan fingerprint density at radius 2 is 1.63 bits per heavy atom. The number of aliphatic carboxylic acids is 1. The molecule has 3 rings (SSSR count). The van der Waals surface area contributed by atoms with Crippen LogP contribution in [0.25, 0.3) is 11.1 Å². The monoisotopic (exact) mass is 272 g/mol. The van der Waals surface area contributed by atoms with Gasteiger partial charge in [-0.3, -0.25) is 4.79 Å². The van der Waals surface area contributed by atoms with Gasteiger partial charge in [0, 0.05) is 5.02 Å². The first kappa shape index (κ1) is 12.2. The molecule has 0 aromatic heterocycles. The molecular formula is C16H13ClO2. The molecule has 0 saturated heterocycles. The molecule has 96 valence electrons. The molecular weight excluding hydrogens is 260 g/mol. The van der Waals surface area contributed by atoms with Crippen LogP contribution in [-0.4, -0.2) is 11.1 Å². The number of carbonyl (C=O) groups is 1. The van der Waals surface area contributed by atoms with E-state index in [1.807, 2.05) is 36.4 Å². The van der Waals surface area contributed by atoms with E-state index in [-0.39, 0.29) is 5.92 Å². The Balaban J connectivity index is 1.93. The van der Waals surface area contributed by atoms with Gasteiger partial charge in [0.2, 0.25) is 0 Å². The second-order valence-electron chi connectivity index (χ2n) is 4.93. The van der Waals surface area contributed by atoms with Gasteiger partial charge in [-0.2, -0.15) is 0 Å². The summed E-state index contributed by atoms with van der Waals surface area (Å²) in [5, 5.41) is 9.81. The first-order valence-electron chi connectivity index (χ1n) is 6.24. The lowest BCUT2D eigenvalue weighted by Crippen LogP contribution is -2.12. The van der Waals surface area contributed by atoms with Crippen LogP contribution in [0, 0.1) is 5.92 Å². The van der Waals surface area contributed by atoms with Crippen molar-refractivity contribution in [2.45, 2.75) is 12.8 Å². The summed E-state index contributed by atoms with van der Waals surface area (Å²) in [4.78, 5) is 11.0. The molecule has 0 spiro atoms. The molecule has 0 amide bonds. The van der Waals surface area contributed by atoms with E-state index in [1.165, 1.54) is 0 Å². The molecule has 2 nitrogen and oxygen atoms in total. The summed E-state index contributed by atoms with van der Waals surface area (Å²) in [6.45, 7) is 0. The van der Waals surface area contributed by atoms with E-state index >= 15 is 0 Å². The van der Waals surface area contributed by atoms with Crippen LogP contribution in [0.5, 0.6) is 0 Å². The number of benzene rings is 2. The fraction of sp³-hybridized carbons (Fsp3) is 0.188. The third-order valence-corrected chi connectivity index (χ3v) is 3.92. The maximum Gasteiger partial charge on any atom is 0.307 e. The van der Waals surface area contributed by atoms with Crippen molar-refractivity contribution in [2.75, 3.05) is 0 Å². The average Bonchev–Trinajstić information content (AvgIpc) is 2.82. The van der Waals surface area contributed by atoms with Gasteiger partial charge >= 0.3 is 5.97 Å². The zero-order chi connectivity index (χ0) is 13.4. The smallest absolute Gasteiger partial charge is 0.307 e. The second kappa shape index (κ2) is 4.71. The van der Waals surface area contributed by atoms with Crippen LogP contribution in [0.4, 0.5) is 0 Å². The predicted molar refractivity (Wildman–Crippen MR) is 75.4 cm³/mol. The first-order valence-corrected chi connectivity index (χ1v) is 6.62. The largest absolute Gasteiger partial charge is 0.481 e. The Labute approximate surface area is 116 Å². The number of halogens is 1. The fourth-order valence-corrected chi connectivity index (χ4v) is 2.74. The van der Waals surface area contributed by atoms with Gasteiger partial charge in [-0.15, -0.1) is 0 Å². The molecule has 0 bridgehead atoms. The Morgan fingerprint density at radius 1 is 1.00 bits per heavy atom.